The monoisotopic (exact) mass is 346 g/mol. The molecule has 1 aromatic carbocycles. The summed E-state index contributed by atoms with van der Waals surface area (Å²) in [6, 6.07) is 7.64. The van der Waals surface area contributed by atoms with Crippen molar-refractivity contribution in [3.8, 4) is 0 Å². The molecule has 6 heteroatoms. The van der Waals surface area contributed by atoms with Gasteiger partial charge in [-0.25, -0.2) is 0 Å². The Labute approximate surface area is 145 Å². The Bertz CT molecular complexity index is 742. The zero-order chi connectivity index (χ0) is 16.7. The number of carbonyl (C=O) groups excluding carboxylic acids is 2. The molecule has 1 atom stereocenters. The third kappa shape index (κ3) is 2.40. The molecule has 1 unspecified atom stereocenters. The van der Waals surface area contributed by atoms with Crippen LogP contribution >= 0.6 is 24.0 Å². The highest BCUT2D eigenvalue weighted by Gasteiger charge is 2.42. The molecule has 2 aliphatic rings. The molecule has 4 nitrogen and oxygen atoms in total. The van der Waals surface area contributed by atoms with Gasteiger partial charge in [-0.3, -0.25) is 14.5 Å². The number of fused-ring (bicyclic) bond motifs is 1. The zero-order valence-corrected chi connectivity index (χ0v) is 15.0. The molecule has 2 aliphatic heterocycles. The van der Waals surface area contributed by atoms with Crippen molar-refractivity contribution >= 4 is 51.4 Å². The van der Waals surface area contributed by atoms with Gasteiger partial charge in [-0.2, -0.15) is 0 Å². The van der Waals surface area contributed by atoms with E-state index in [-0.39, 0.29) is 17.9 Å². The van der Waals surface area contributed by atoms with Crippen LogP contribution in [0.3, 0.4) is 0 Å². The molecule has 1 aromatic rings. The highest BCUT2D eigenvalue weighted by atomic mass is 32.2. The first-order chi connectivity index (χ1) is 11.0. The molecule has 1 fully saturated rings. The van der Waals surface area contributed by atoms with Gasteiger partial charge in [0.15, 0.2) is 0 Å². The summed E-state index contributed by atoms with van der Waals surface area (Å²) in [4.78, 5) is 29.5. The lowest BCUT2D eigenvalue weighted by molar-refractivity contribution is -0.123. The van der Waals surface area contributed by atoms with E-state index in [1.54, 1.807) is 9.80 Å². The van der Waals surface area contributed by atoms with E-state index in [4.69, 9.17) is 12.2 Å². The number of thiocarbonyl (C=S) groups is 1. The molecule has 0 saturated carbocycles. The summed E-state index contributed by atoms with van der Waals surface area (Å²) in [5, 5.41) is 0. The number of likely N-dealkylation sites (N-methyl/N-ethyl adjacent to an activating group) is 1. The van der Waals surface area contributed by atoms with Crippen molar-refractivity contribution in [3.63, 3.8) is 0 Å². The fraction of sp³-hybridized carbons (Fsp3) is 0.353. The van der Waals surface area contributed by atoms with Gasteiger partial charge in [-0.1, -0.05) is 49.1 Å². The number of thioether (sulfide) groups is 1. The average Bonchev–Trinajstić information content (AvgIpc) is 2.99. The molecule has 0 aliphatic carbocycles. The van der Waals surface area contributed by atoms with Crippen molar-refractivity contribution in [1.82, 2.24) is 4.90 Å². The van der Waals surface area contributed by atoms with Crippen LogP contribution in [0.25, 0.3) is 5.57 Å². The standard InChI is InChI=1S/C17H18N2O2S2/c1-4-10(3)19-16(21)14(23-17(19)22)13-11-8-6-7-9-12(11)18(5-2)15(13)20/h6-10H,4-5H2,1-3H3/b14-13-. The number of carbonyl (C=O) groups is 2. The smallest absolute Gasteiger partial charge is 0.267 e. The third-order valence-corrected chi connectivity index (χ3v) is 5.70. The van der Waals surface area contributed by atoms with Gasteiger partial charge < -0.3 is 4.90 Å². The molecule has 23 heavy (non-hydrogen) atoms. The molecule has 2 heterocycles. The van der Waals surface area contributed by atoms with Crippen LogP contribution in [-0.2, 0) is 9.59 Å². The third-order valence-electron chi connectivity index (χ3n) is 4.30. The summed E-state index contributed by atoms with van der Waals surface area (Å²) < 4.78 is 0.534. The maximum atomic E-state index is 12.8. The van der Waals surface area contributed by atoms with Gasteiger partial charge in [0, 0.05) is 18.2 Å². The normalized spacial score (nSPS) is 22.1. The van der Waals surface area contributed by atoms with Crippen LogP contribution < -0.4 is 4.90 Å². The molecule has 0 radical (unpaired) electrons. The predicted octanol–water partition coefficient (Wildman–Crippen LogP) is 3.42. The van der Waals surface area contributed by atoms with Crippen LogP contribution in [0, 0.1) is 0 Å². The first-order valence-electron chi connectivity index (χ1n) is 7.72. The Balaban J connectivity index is 2.14. The van der Waals surface area contributed by atoms with Crippen molar-refractivity contribution in [1.29, 1.82) is 0 Å². The molecule has 120 valence electrons. The highest BCUT2D eigenvalue weighted by molar-refractivity contribution is 8.26. The number of hydrogen-bond acceptors (Lipinski definition) is 4. The number of hydrogen-bond donors (Lipinski definition) is 0. The van der Waals surface area contributed by atoms with Gasteiger partial charge in [0.05, 0.1) is 16.2 Å². The minimum absolute atomic E-state index is 0.0367. The van der Waals surface area contributed by atoms with Crippen LogP contribution in [0.4, 0.5) is 5.69 Å². The van der Waals surface area contributed by atoms with Crippen molar-refractivity contribution in [2.24, 2.45) is 0 Å². The van der Waals surface area contributed by atoms with Crippen LogP contribution in [-0.4, -0.2) is 33.6 Å². The van der Waals surface area contributed by atoms with Gasteiger partial charge >= 0.3 is 0 Å². The minimum Gasteiger partial charge on any atom is -0.308 e. The van der Waals surface area contributed by atoms with E-state index in [9.17, 15) is 9.59 Å². The highest BCUT2D eigenvalue weighted by Crippen LogP contribution is 2.44. The van der Waals surface area contributed by atoms with Gasteiger partial charge in [0.2, 0.25) is 0 Å². The molecular weight excluding hydrogens is 328 g/mol. The second-order valence-electron chi connectivity index (χ2n) is 5.57. The maximum absolute atomic E-state index is 12.8. The number of nitrogens with zero attached hydrogens (tertiary/aromatic N) is 2. The molecular formula is C17H18N2O2S2. The number of benzene rings is 1. The summed E-state index contributed by atoms with van der Waals surface area (Å²) in [6.45, 7) is 6.50. The molecule has 1 saturated heterocycles. The van der Waals surface area contributed by atoms with E-state index in [0.717, 1.165) is 17.7 Å². The maximum Gasteiger partial charge on any atom is 0.267 e. The SMILES string of the molecule is CCC(C)N1C(=O)/C(=C2/C(=O)N(CC)c3ccccc32)SC1=S. The number of rotatable bonds is 3. The lowest BCUT2D eigenvalue weighted by atomic mass is 10.1. The molecule has 3 rings (SSSR count). The lowest BCUT2D eigenvalue weighted by Gasteiger charge is -2.21. The van der Waals surface area contributed by atoms with E-state index in [1.165, 1.54) is 11.8 Å². The van der Waals surface area contributed by atoms with Gasteiger partial charge in [0.25, 0.3) is 11.8 Å². The Morgan fingerprint density at radius 1 is 1.17 bits per heavy atom. The summed E-state index contributed by atoms with van der Waals surface area (Å²) in [7, 11) is 0. The fourth-order valence-electron chi connectivity index (χ4n) is 2.91. The summed E-state index contributed by atoms with van der Waals surface area (Å²) in [5.74, 6) is -0.260. The Hall–Kier alpha value is -1.66. The summed E-state index contributed by atoms with van der Waals surface area (Å²) in [5.41, 5.74) is 2.18. The molecule has 0 bridgehead atoms. The van der Waals surface area contributed by atoms with Crippen molar-refractivity contribution < 1.29 is 9.59 Å². The van der Waals surface area contributed by atoms with Crippen LogP contribution in [0.2, 0.25) is 0 Å². The number of amides is 2. The van der Waals surface area contributed by atoms with E-state index < -0.39 is 0 Å². The second kappa shape index (κ2) is 6.09. The molecule has 2 amide bonds. The molecule has 0 N–H and O–H groups in total. The van der Waals surface area contributed by atoms with Crippen molar-refractivity contribution in [3.05, 3.63) is 34.7 Å². The Morgan fingerprint density at radius 2 is 1.87 bits per heavy atom. The Kier molecular flexibility index (Phi) is 4.29. The summed E-state index contributed by atoms with van der Waals surface area (Å²) >= 11 is 6.62. The van der Waals surface area contributed by atoms with E-state index in [2.05, 4.69) is 0 Å². The predicted molar refractivity (Wildman–Crippen MR) is 98.2 cm³/mol. The van der Waals surface area contributed by atoms with E-state index in [1.807, 2.05) is 45.0 Å². The second-order valence-corrected chi connectivity index (χ2v) is 7.22. The van der Waals surface area contributed by atoms with Gasteiger partial charge in [-0.15, -0.1) is 0 Å². The number of anilines is 1. The molecule has 0 aromatic heterocycles. The fourth-order valence-corrected chi connectivity index (χ4v) is 4.44. The first kappa shape index (κ1) is 16.2. The van der Waals surface area contributed by atoms with E-state index in [0.29, 0.717) is 21.3 Å². The van der Waals surface area contributed by atoms with Gasteiger partial charge in [0.1, 0.15) is 4.32 Å². The quantitative estimate of drug-likeness (QED) is 0.621. The van der Waals surface area contributed by atoms with Crippen molar-refractivity contribution in [2.45, 2.75) is 33.2 Å². The van der Waals surface area contributed by atoms with Gasteiger partial charge in [-0.05, 0) is 26.3 Å². The van der Waals surface area contributed by atoms with Crippen LogP contribution in [0.5, 0.6) is 0 Å². The van der Waals surface area contributed by atoms with Crippen LogP contribution in [0.15, 0.2) is 29.2 Å². The number of para-hydroxylation sites is 1. The largest absolute Gasteiger partial charge is 0.308 e. The first-order valence-corrected chi connectivity index (χ1v) is 8.94. The van der Waals surface area contributed by atoms with E-state index >= 15 is 0 Å². The zero-order valence-electron chi connectivity index (χ0n) is 13.3. The summed E-state index contributed by atoms with van der Waals surface area (Å²) in [6.07, 6.45) is 0.820. The lowest BCUT2D eigenvalue weighted by Crippen LogP contribution is -2.36. The molecule has 0 spiro atoms. The van der Waals surface area contributed by atoms with Crippen molar-refractivity contribution in [2.75, 3.05) is 11.4 Å². The Morgan fingerprint density at radius 3 is 2.52 bits per heavy atom. The minimum atomic E-state index is -0.148. The topological polar surface area (TPSA) is 40.6 Å². The van der Waals surface area contributed by atoms with Crippen LogP contribution in [0.1, 0.15) is 32.8 Å². The average molecular weight is 346 g/mol.